The maximum Gasteiger partial charge on any atom is 0.163 e. The number of carbonyl (C=O) groups excluding carboxylic acids is 1. The first kappa shape index (κ1) is 10.4. The Balaban J connectivity index is 4.49. The van der Waals surface area contributed by atoms with Crippen LogP contribution in [0.2, 0.25) is 0 Å². The average Bonchev–Trinajstić information content (AvgIpc) is 1.88. The molecule has 0 radical (unpaired) electrons. The summed E-state index contributed by atoms with van der Waals surface area (Å²) in [5.41, 5.74) is 0.718. The van der Waals surface area contributed by atoms with E-state index < -0.39 is 0 Å². The molecule has 0 aromatic rings. The summed E-state index contributed by atoms with van der Waals surface area (Å²) in [6.45, 7) is 9.79. The number of hydrogen-bond acceptors (Lipinski definition) is 1. The molecular formula is C10H18O. The van der Waals surface area contributed by atoms with Crippen molar-refractivity contribution >= 4 is 5.78 Å². The van der Waals surface area contributed by atoms with Crippen molar-refractivity contribution in [3.63, 3.8) is 0 Å². The molecule has 0 aliphatic rings. The van der Waals surface area contributed by atoms with Crippen LogP contribution in [-0.4, -0.2) is 5.78 Å². The lowest BCUT2D eigenvalue weighted by molar-refractivity contribution is -0.122. The van der Waals surface area contributed by atoms with Crippen LogP contribution in [0, 0.1) is 5.41 Å². The molecule has 0 aliphatic carbocycles. The first-order valence-corrected chi connectivity index (χ1v) is 4.13. The van der Waals surface area contributed by atoms with E-state index in [2.05, 4.69) is 0 Å². The quantitative estimate of drug-likeness (QED) is 0.559. The fourth-order valence-electron chi connectivity index (χ4n) is 0.977. The Labute approximate surface area is 69.5 Å². The lowest BCUT2D eigenvalue weighted by atomic mass is 9.85. The number of allylic oxidation sites excluding steroid dienone is 2. The Kier molecular flexibility index (Phi) is 3.50. The summed E-state index contributed by atoms with van der Waals surface area (Å²) in [4.78, 5) is 11.6. The van der Waals surface area contributed by atoms with Gasteiger partial charge in [-0.25, -0.2) is 0 Å². The Morgan fingerprint density at radius 1 is 1.36 bits per heavy atom. The summed E-state index contributed by atoms with van der Waals surface area (Å²) >= 11 is 0. The van der Waals surface area contributed by atoms with E-state index >= 15 is 0 Å². The molecule has 11 heavy (non-hydrogen) atoms. The van der Waals surface area contributed by atoms with Crippen molar-refractivity contribution in [1.82, 2.24) is 0 Å². The molecule has 0 aromatic carbocycles. The van der Waals surface area contributed by atoms with Crippen molar-refractivity contribution in [3.05, 3.63) is 11.6 Å². The van der Waals surface area contributed by atoms with Gasteiger partial charge in [0, 0.05) is 5.41 Å². The Bertz CT molecular complexity index is 170. The Hall–Kier alpha value is -0.590. The molecule has 0 fully saturated rings. The zero-order valence-corrected chi connectivity index (χ0v) is 8.19. The van der Waals surface area contributed by atoms with Gasteiger partial charge >= 0.3 is 0 Å². The molecule has 0 saturated carbocycles. The van der Waals surface area contributed by atoms with E-state index in [4.69, 9.17) is 0 Å². The van der Waals surface area contributed by atoms with Gasteiger partial charge in [-0.2, -0.15) is 0 Å². The monoisotopic (exact) mass is 154 g/mol. The highest BCUT2D eigenvalue weighted by molar-refractivity contribution is 5.98. The van der Waals surface area contributed by atoms with Crippen LogP contribution in [0.25, 0.3) is 0 Å². The summed E-state index contributed by atoms with van der Waals surface area (Å²) in [6, 6.07) is 0. The second-order valence-corrected chi connectivity index (χ2v) is 3.75. The van der Waals surface area contributed by atoms with Gasteiger partial charge in [-0.1, -0.05) is 33.8 Å². The van der Waals surface area contributed by atoms with Gasteiger partial charge in [0.25, 0.3) is 0 Å². The van der Waals surface area contributed by atoms with E-state index in [1.165, 1.54) is 0 Å². The third kappa shape index (κ3) is 2.87. The topological polar surface area (TPSA) is 17.1 Å². The molecule has 0 N–H and O–H groups in total. The normalized spacial score (nSPS) is 13.4. The first-order valence-electron chi connectivity index (χ1n) is 4.13. The van der Waals surface area contributed by atoms with Crippen LogP contribution in [0.5, 0.6) is 0 Å². The van der Waals surface area contributed by atoms with Gasteiger partial charge in [-0.3, -0.25) is 4.79 Å². The molecule has 0 unspecified atom stereocenters. The van der Waals surface area contributed by atoms with Gasteiger partial charge in [0.1, 0.15) is 0 Å². The van der Waals surface area contributed by atoms with Crippen LogP contribution in [-0.2, 0) is 4.79 Å². The maximum absolute atomic E-state index is 11.6. The van der Waals surface area contributed by atoms with Crippen LogP contribution < -0.4 is 0 Å². The number of ketones is 1. The summed E-state index contributed by atoms with van der Waals surface area (Å²) in [7, 11) is 0. The van der Waals surface area contributed by atoms with E-state index in [0.29, 0.717) is 0 Å². The molecule has 1 nitrogen and oxygen atoms in total. The van der Waals surface area contributed by atoms with Gasteiger partial charge < -0.3 is 0 Å². The fourth-order valence-corrected chi connectivity index (χ4v) is 0.977. The first-order chi connectivity index (χ1) is 4.93. The van der Waals surface area contributed by atoms with Crippen LogP contribution >= 0.6 is 0 Å². The highest BCUT2D eigenvalue weighted by Crippen LogP contribution is 2.21. The summed E-state index contributed by atoms with van der Waals surface area (Å²) in [6.07, 6.45) is 2.75. The molecule has 0 atom stereocenters. The van der Waals surface area contributed by atoms with E-state index in [1.807, 2.05) is 40.7 Å². The van der Waals surface area contributed by atoms with E-state index in [0.717, 1.165) is 12.0 Å². The smallest absolute Gasteiger partial charge is 0.163 e. The molecular weight excluding hydrogens is 136 g/mol. The molecule has 0 heterocycles. The second kappa shape index (κ2) is 3.70. The molecule has 0 aliphatic heterocycles. The van der Waals surface area contributed by atoms with Crippen LogP contribution in [0.4, 0.5) is 0 Å². The van der Waals surface area contributed by atoms with Gasteiger partial charge in [0.2, 0.25) is 0 Å². The van der Waals surface area contributed by atoms with Crippen molar-refractivity contribution in [2.45, 2.75) is 41.0 Å². The second-order valence-electron chi connectivity index (χ2n) is 3.75. The lowest BCUT2D eigenvalue weighted by Crippen LogP contribution is -2.21. The van der Waals surface area contributed by atoms with Gasteiger partial charge in [0.05, 0.1) is 0 Å². The van der Waals surface area contributed by atoms with Crippen LogP contribution in [0.15, 0.2) is 11.6 Å². The fraction of sp³-hybridized carbons (Fsp3) is 0.700. The third-order valence-corrected chi connectivity index (χ3v) is 1.70. The van der Waals surface area contributed by atoms with E-state index in [9.17, 15) is 4.79 Å². The minimum absolute atomic E-state index is 0.224. The lowest BCUT2D eigenvalue weighted by Gasteiger charge is -2.17. The minimum atomic E-state index is -0.224. The minimum Gasteiger partial charge on any atom is -0.294 e. The molecule has 64 valence electrons. The SMILES string of the molecule is CC=C(CC)C(=O)C(C)(C)C. The summed E-state index contributed by atoms with van der Waals surface area (Å²) in [5, 5.41) is 0. The predicted molar refractivity (Wildman–Crippen MR) is 48.5 cm³/mol. The maximum atomic E-state index is 11.6. The summed E-state index contributed by atoms with van der Waals surface area (Å²) < 4.78 is 0. The highest BCUT2D eigenvalue weighted by Gasteiger charge is 2.22. The number of rotatable bonds is 2. The number of carbonyl (C=O) groups is 1. The molecule has 0 bridgehead atoms. The molecule has 0 rings (SSSR count). The Morgan fingerprint density at radius 2 is 1.82 bits per heavy atom. The van der Waals surface area contributed by atoms with Crippen molar-refractivity contribution in [2.24, 2.45) is 5.41 Å². The largest absolute Gasteiger partial charge is 0.294 e. The van der Waals surface area contributed by atoms with Crippen molar-refractivity contribution in [2.75, 3.05) is 0 Å². The van der Waals surface area contributed by atoms with E-state index in [1.54, 1.807) is 0 Å². The predicted octanol–water partition coefficient (Wildman–Crippen LogP) is 2.96. The molecule has 0 aromatic heterocycles. The van der Waals surface area contributed by atoms with Gasteiger partial charge in [-0.15, -0.1) is 0 Å². The van der Waals surface area contributed by atoms with E-state index in [-0.39, 0.29) is 11.2 Å². The summed E-state index contributed by atoms with van der Waals surface area (Å²) in [5.74, 6) is 0.266. The third-order valence-electron chi connectivity index (χ3n) is 1.70. The molecule has 0 saturated heterocycles. The zero-order chi connectivity index (χ0) is 9.07. The van der Waals surface area contributed by atoms with Crippen molar-refractivity contribution in [3.8, 4) is 0 Å². The van der Waals surface area contributed by atoms with Gasteiger partial charge in [0.15, 0.2) is 5.78 Å². The highest BCUT2D eigenvalue weighted by atomic mass is 16.1. The standard InChI is InChI=1S/C10H18O/c1-6-8(7-2)9(11)10(3,4)5/h6H,7H2,1-5H3. The van der Waals surface area contributed by atoms with Gasteiger partial charge in [-0.05, 0) is 18.9 Å². The Morgan fingerprint density at radius 3 is 1.91 bits per heavy atom. The zero-order valence-electron chi connectivity index (χ0n) is 8.19. The number of hydrogen-bond donors (Lipinski definition) is 0. The van der Waals surface area contributed by atoms with Crippen molar-refractivity contribution in [1.29, 1.82) is 0 Å². The molecule has 0 spiro atoms. The molecule has 0 amide bonds. The average molecular weight is 154 g/mol. The number of Topliss-reactive ketones (excluding diaryl/α,β-unsaturated/α-hetero) is 1. The van der Waals surface area contributed by atoms with Crippen LogP contribution in [0.3, 0.4) is 0 Å². The van der Waals surface area contributed by atoms with Crippen molar-refractivity contribution < 1.29 is 4.79 Å². The van der Waals surface area contributed by atoms with Crippen LogP contribution in [0.1, 0.15) is 41.0 Å². The molecule has 1 heteroatoms.